The molecule has 1 aromatic rings. The molecule has 0 fully saturated rings. The second kappa shape index (κ2) is 5.54. The molecule has 0 aromatic heterocycles. The quantitative estimate of drug-likeness (QED) is 0.793. The molecule has 0 saturated carbocycles. The zero-order valence-electron chi connectivity index (χ0n) is 10.2. The molecule has 16 heavy (non-hydrogen) atoms. The molecule has 1 atom stereocenters. The van der Waals surface area contributed by atoms with E-state index < -0.39 is 0 Å². The summed E-state index contributed by atoms with van der Waals surface area (Å²) in [5, 5.41) is 0. The predicted molar refractivity (Wildman–Crippen MR) is 68.3 cm³/mol. The van der Waals surface area contributed by atoms with E-state index in [9.17, 15) is 4.79 Å². The van der Waals surface area contributed by atoms with Gasteiger partial charge in [0, 0.05) is 12.5 Å². The molecule has 0 saturated heterocycles. The number of nitrogens with two attached hydrogens (primary N) is 1. The van der Waals surface area contributed by atoms with Gasteiger partial charge in [0.15, 0.2) is 0 Å². The Morgan fingerprint density at radius 2 is 2.00 bits per heavy atom. The van der Waals surface area contributed by atoms with Crippen molar-refractivity contribution in [2.75, 3.05) is 17.2 Å². The van der Waals surface area contributed by atoms with E-state index in [1.807, 2.05) is 45.0 Å². The van der Waals surface area contributed by atoms with Gasteiger partial charge in [0.1, 0.15) is 0 Å². The molecule has 3 nitrogen and oxygen atoms in total. The van der Waals surface area contributed by atoms with Gasteiger partial charge in [0.2, 0.25) is 5.91 Å². The Hall–Kier alpha value is -1.51. The number of para-hydroxylation sites is 2. The largest absolute Gasteiger partial charge is 0.397 e. The lowest BCUT2D eigenvalue weighted by molar-refractivity contribution is -0.121. The number of hydrogen-bond donors (Lipinski definition) is 1. The number of nitrogens with zero attached hydrogens (tertiary/aromatic N) is 1. The van der Waals surface area contributed by atoms with E-state index >= 15 is 0 Å². The number of rotatable bonds is 4. The van der Waals surface area contributed by atoms with Crippen molar-refractivity contribution >= 4 is 17.3 Å². The van der Waals surface area contributed by atoms with E-state index in [2.05, 4.69) is 0 Å². The summed E-state index contributed by atoms with van der Waals surface area (Å²) >= 11 is 0. The van der Waals surface area contributed by atoms with Crippen molar-refractivity contribution in [2.24, 2.45) is 5.92 Å². The second-order valence-electron chi connectivity index (χ2n) is 3.95. The van der Waals surface area contributed by atoms with E-state index in [0.717, 1.165) is 12.1 Å². The standard InChI is InChI=1S/C13H20N2O/c1-4-10(3)13(16)15(5-2)12-9-7-6-8-11(12)14/h6-10H,4-5,14H2,1-3H3. The van der Waals surface area contributed by atoms with Gasteiger partial charge in [0.05, 0.1) is 11.4 Å². The van der Waals surface area contributed by atoms with Gasteiger partial charge in [-0.05, 0) is 25.5 Å². The van der Waals surface area contributed by atoms with Gasteiger partial charge < -0.3 is 10.6 Å². The molecule has 0 aliphatic carbocycles. The first-order valence-electron chi connectivity index (χ1n) is 5.77. The van der Waals surface area contributed by atoms with Crippen LogP contribution in [0.15, 0.2) is 24.3 Å². The molecule has 88 valence electrons. The first-order chi connectivity index (χ1) is 7.61. The first-order valence-corrected chi connectivity index (χ1v) is 5.77. The molecule has 1 amide bonds. The molecule has 1 unspecified atom stereocenters. The summed E-state index contributed by atoms with van der Waals surface area (Å²) < 4.78 is 0. The molecule has 3 heteroatoms. The predicted octanol–water partition coefficient (Wildman–Crippen LogP) is 2.67. The lowest BCUT2D eigenvalue weighted by Gasteiger charge is -2.25. The summed E-state index contributed by atoms with van der Waals surface area (Å²) in [6.07, 6.45) is 0.849. The normalized spacial score (nSPS) is 12.2. The number of amides is 1. The zero-order valence-corrected chi connectivity index (χ0v) is 10.2. The van der Waals surface area contributed by atoms with Crippen LogP contribution in [0.25, 0.3) is 0 Å². The summed E-state index contributed by atoms with van der Waals surface area (Å²) in [4.78, 5) is 13.9. The molecule has 0 radical (unpaired) electrons. The van der Waals surface area contributed by atoms with Crippen LogP contribution < -0.4 is 10.6 Å². The third-order valence-electron chi connectivity index (χ3n) is 2.84. The van der Waals surface area contributed by atoms with Gasteiger partial charge in [-0.25, -0.2) is 0 Å². The lowest BCUT2D eigenvalue weighted by Crippen LogP contribution is -2.35. The molecule has 0 spiro atoms. The van der Waals surface area contributed by atoms with Gasteiger partial charge in [-0.2, -0.15) is 0 Å². The molecule has 2 N–H and O–H groups in total. The third kappa shape index (κ3) is 2.54. The minimum Gasteiger partial charge on any atom is -0.397 e. The number of carbonyl (C=O) groups excluding carboxylic acids is 1. The maximum atomic E-state index is 12.1. The lowest BCUT2D eigenvalue weighted by atomic mass is 10.1. The van der Waals surface area contributed by atoms with Gasteiger partial charge in [0.25, 0.3) is 0 Å². The Morgan fingerprint density at radius 1 is 1.38 bits per heavy atom. The number of nitrogen functional groups attached to an aromatic ring is 1. The highest BCUT2D eigenvalue weighted by atomic mass is 16.2. The van der Waals surface area contributed by atoms with Gasteiger partial charge in [-0.1, -0.05) is 26.0 Å². The Labute approximate surface area is 97.2 Å². The van der Waals surface area contributed by atoms with Gasteiger partial charge in [-0.15, -0.1) is 0 Å². The average Bonchev–Trinajstić information content (AvgIpc) is 2.31. The Balaban J connectivity index is 2.99. The van der Waals surface area contributed by atoms with Crippen LogP contribution in [0.3, 0.4) is 0 Å². The second-order valence-corrected chi connectivity index (χ2v) is 3.95. The Bertz CT molecular complexity index is 363. The van der Waals surface area contributed by atoms with E-state index in [1.165, 1.54) is 0 Å². The first kappa shape index (κ1) is 12.6. The van der Waals surface area contributed by atoms with Gasteiger partial charge >= 0.3 is 0 Å². The van der Waals surface area contributed by atoms with Crippen LogP contribution in [0.1, 0.15) is 27.2 Å². The van der Waals surface area contributed by atoms with Crippen LogP contribution >= 0.6 is 0 Å². The summed E-state index contributed by atoms with van der Waals surface area (Å²) in [5.74, 6) is 0.183. The van der Waals surface area contributed by atoms with Crippen molar-refractivity contribution in [3.05, 3.63) is 24.3 Å². The van der Waals surface area contributed by atoms with Crippen LogP contribution in [-0.4, -0.2) is 12.5 Å². The molecule has 0 aliphatic rings. The average molecular weight is 220 g/mol. The van der Waals surface area contributed by atoms with Crippen LogP contribution in [0.4, 0.5) is 11.4 Å². The molecule has 1 aromatic carbocycles. The van der Waals surface area contributed by atoms with Crippen LogP contribution in [-0.2, 0) is 4.79 Å². The fourth-order valence-corrected chi connectivity index (χ4v) is 1.62. The fourth-order valence-electron chi connectivity index (χ4n) is 1.62. The summed E-state index contributed by atoms with van der Waals surface area (Å²) in [6.45, 7) is 6.58. The molecule has 0 bridgehead atoms. The van der Waals surface area contributed by atoms with E-state index in [1.54, 1.807) is 4.90 Å². The van der Waals surface area contributed by atoms with Crippen molar-refractivity contribution in [1.29, 1.82) is 0 Å². The minimum absolute atomic E-state index is 0.0413. The fraction of sp³-hybridized carbons (Fsp3) is 0.462. The maximum absolute atomic E-state index is 12.1. The van der Waals surface area contributed by atoms with Crippen molar-refractivity contribution in [3.63, 3.8) is 0 Å². The summed E-state index contributed by atoms with van der Waals surface area (Å²) in [6, 6.07) is 7.49. The number of anilines is 2. The van der Waals surface area contributed by atoms with Crippen molar-refractivity contribution < 1.29 is 4.79 Å². The van der Waals surface area contributed by atoms with Gasteiger partial charge in [-0.3, -0.25) is 4.79 Å². The van der Waals surface area contributed by atoms with Crippen molar-refractivity contribution in [1.82, 2.24) is 0 Å². The Kier molecular flexibility index (Phi) is 4.35. The monoisotopic (exact) mass is 220 g/mol. The number of benzene rings is 1. The van der Waals surface area contributed by atoms with Crippen LogP contribution in [0.2, 0.25) is 0 Å². The summed E-state index contributed by atoms with van der Waals surface area (Å²) in [5.41, 5.74) is 7.35. The molecular formula is C13H20N2O. The maximum Gasteiger partial charge on any atom is 0.229 e. The highest BCUT2D eigenvalue weighted by molar-refractivity contribution is 5.97. The third-order valence-corrected chi connectivity index (χ3v) is 2.84. The topological polar surface area (TPSA) is 46.3 Å². The van der Waals surface area contributed by atoms with Crippen molar-refractivity contribution in [2.45, 2.75) is 27.2 Å². The Morgan fingerprint density at radius 3 is 2.50 bits per heavy atom. The molecular weight excluding hydrogens is 200 g/mol. The van der Waals surface area contributed by atoms with Crippen molar-refractivity contribution in [3.8, 4) is 0 Å². The van der Waals surface area contributed by atoms with Crippen LogP contribution in [0, 0.1) is 5.92 Å². The number of carbonyl (C=O) groups is 1. The molecule has 0 heterocycles. The SMILES string of the molecule is CCC(C)C(=O)N(CC)c1ccccc1N. The zero-order chi connectivity index (χ0) is 12.1. The highest BCUT2D eigenvalue weighted by Crippen LogP contribution is 2.24. The van der Waals surface area contributed by atoms with E-state index in [4.69, 9.17) is 5.73 Å². The molecule has 0 aliphatic heterocycles. The minimum atomic E-state index is 0.0413. The molecule has 1 rings (SSSR count). The number of hydrogen-bond acceptors (Lipinski definition) is 2. The van der Waals surface area contributed by atoms with Crippen LogP contribution in [0.5, 0.6) is 0 Å². The highest BCUT2D eigenvalue weighted by Gasteiger charge is 2.20. The van der Waals surface area contributed by atoms with E-state index in [0.29, 0.717) is 12.2 Å². The van der Waals surface area contributed by atoms with E-state index in [-0.39, 0.29) is 11.8 Å². The smallest absolute Gasteiger partial charge is 0.229 e. The summed E-state index contributed by atoms with van der Waals surface area (Å²) in [7, 11) is 0.